The van der Waals surface area contributed by atoms with E-state index in [0.29, 0.717) is 12.2 Å². The van der Waals surface area contributed by atoms with Crippen LogP contribution >= 0.6 is 0 Å². The highest BCUT2D eigenvalue weighted by Crippen LogP contribution is 2.32. The van der Waals surface area contributed by atoms with E-state index in [4.69, 9.17) is 4.74 Å². The van der Waals surface area contributed by atoms with Crippen molar-refractivity contribution in [2.24, 2.45) is 5.92 Å². The van der Waals surface area contributed by atoms with Gasteiger partial charge in [-0.1, -0.05) is 12.8 Å². The van der Waals surface area contributed by atoms with E-state index in [2.05, 4.69) is 4.98 Å². The highest BCUT2D eigenvalue weighted by atomic mass is 16.5. The van der Waals surface area contributed by atoms with Gasteiger partial charge in [-0.3, -0.25) is 4.98 Å². The monoisotopic (exact) mass is 191 g/mol. The molecule has 3 heteroatoms. The lowest BCUT2D eigenvalue weighted by atomic mass is 10.3. The van der Waals surface area contributed by atoms with Crippen molar-refractivity contribution >= 4 is 5.97 Å². The van der Waals surface area contributed by atoms with Crippen LogP contribution in [0, 0.1) is 5.92 Å². The van der Waals surface area contributed by atoms with Gasteiger partial charge in [0.25, 0.3) is 0 Å². The zero-order chi connectivity index (χ0) is 9.80. The zero-order valence-electron chi connectivity index (χ0n) is 7.98. The molecule has 14 heavy (non-hydrogen) atoms. The molecule has 74 valence electrons. The molecule has 1 aromatic heterocycles. The third kappa shape index (κ3) is 2.55. The fourth-order valence-corrected chi connectivity index (χ4v) is 1.30. The number of rotatable bonds is 4. The first kappa shape index (κ1) is 9.19. The third-order valence-corrected chi connectivity index (χ3v) is 2.37. The van der Waals surface area contributed by atoms with Crippen molar-refractivity contribution in [1.29, 1.82) is 0 Å². The summed E-state index contributed by atoms with van der Waals surface area (Å²) in [5.41, 5.74) is 0.579. The predicted octanol–water partition coefficient (Wildman–Crippen LogP) is 2.04. The second-order valence-corrected chi connectivity index (χ2v) is 3.60. The Hall–Kier alpha value is -1.38. The van der Waals surface area contributed by atoms with Gasteiger partial charge in [0.2, 0.25) is 0 Å². The highest BCUT2D eigenvalue weighted by Gasteiger charge is 2.21. The Morgan fingerprint density at radius 3 is 2.79 bits per heavy atom. The van der Waals surface area contributed by atoms with Crippen molar-refractivity contribution in [1.82, 2.24) is 4.98 Å². The van der Waals surface area contributed by atoms with Crippen molar-refractivity contribution in [3.05, 3.63) is 30.1 Å². The molecule has 0 aliphatic heterocycles. The van der Waals surface area contributed by atoms with Crippen molar-refractivity contribution in [3.8, 4) is 0 Å². The van der Waals surface area contributed by atoms with Gasteiger partial charge in [-0.25, -0.2) is 4.79 Å². The molecular weight excluding hydrogens is 178 g/mol. The van der Waals surface area contributed by atoms with Crippen molar-refractivity contribution in [2.45, 2.75) is 19.3 Å². The summed E-state index contributed by atoms with van der Waals surface area (Å²) in [5, 5.41) is 0. The quantitative estimate of drug-likeness (QED) is 0.683. The van der Waals surface area contributed by atoms with E-state index in [-0.39, 0.29) is 5.97 Å². The first-order valence-corrected chi connectivity index (χ1v) is 4.93. The van der Waals surface area contributed by atoms with E-state index in [9.17, 15) is 4.79 Å². The normalized spacial score (nSPS) is 15.1. The number of hydrogen-bond acceptors (Lipinski definition) is 3. The van der Waals surface area contributed by atoms with Crippen LogP contribution in [0.3, 0.4) is 0 Å². The molecule has 1 heterocycles. The Morgan fingerprint density at radius 2 is 2.14 bits per heavy atom. The number of esters is 1. The molecular formula is C11H13NO2. The smallest absolute Gasteiger partial charge is 0.338 e. The molecule has 1 saturated carbocycles. The highest BCUT2D eigenvalue weighted by molar-refractivity contribution is 5.89. The molecule has 0 N–H and O–H groups in total. The predicted molar refractivity (Wildman–Crippen MR) is 51.9 cm³/mol. The molecule has 1 aliphatic rings. The van der Waals surface area contributed by atoms with E-state index in [1.54, 1.807) is 24.5 Å². The average Bonchev–Trinajstić information content (AvgIpc) is 3.03. The van der Waals surface area contributed by atoms with Crippen molar-refractivity contribution in [2.75, 3.05) is 6.61 Å². The number of pyridine rings is 1. The molecule has 0 atom stereocenters. The minimum absolute atomic E-state index is 0.243. The maximum atomic E-state index is 11.4. The van der Waals surface area contributed by atoms with Crippen LogP contribution in [0.2, 0.25) is 0 Å². The van der Waals surface area contributed by atoms with E-state index in [0.717, 1.165) is 12.3 Å². The minimum atomic E-state index is -0.243. The molecule has 0 radical (unpaired) electrons. The maximum Gasteiger partial charge on any atom is 0.338 e. The van der Waals surface area contributed by atoms with Gasteiger partial charge in [-0.05, 0) is 24.5 Å². The minimum Gasteiger partial charge on any atom is -0.462 e. The molecule has 0 amide bonds. The molecule has 1 aliphatic carbocycles. The summed E-state index contributed by atoms with van der Waals surface area (Å²) in [7, 11) is 0. The molecule has 0 bridgehead atoms. The fraction of sp³-hybridized carbons (Fsp3) is 0.455. The summed E-state index contributed by atoms with van der Waals surface area (Å²) >= 11 is 0. The standard InChI is InChI=1S/C11H13NO2/c13-11(10-3-6-12-7-4-10)14-8-5-9-1-2-9/h3-4,6-7,9H,1-2,5,8H2. The largest absolute Gasteiger partial charge is 0.462 e. The lowest BCUT2D eigenvalue weighted by molar-refractivity contribution is 0.0495. The van der Waals surface area contributed by atoms with Gasteiger partial charge in [0.05, 0.1) is 12.2 Å². The number of nitrogens with zero attached hydrogens (tertiary/aromatic N) is 1. The zero-order valence-corrected chi connectivity index (χ0v) is 7.98. The van der Waals surface area contributed by atoms with Gasteiger partial charge in [0, 0.05) is 12.4 Å². The van der Waals surface area contributed by atoms with Crippen molar-refractivity contribution in [3.63, 3.8) is 0 Å². The molecule has 0 spiro atoms. The van der Waals surface area contributed by atoms with Gasteiger partial charge in [-0.15, -0.1) is 0 Å². The first-order chi connectivity index (χ1) is 6.86. The second-order valence-electron chi connectivity index (χ2n) is 3.60. The SMILES string of the molecule is O=C(OCCC1CC1)c1ccncc1. The third-order valence-electron chi connectivity index (χ3n) is 2.37. The van der Waals surface area contributed by atoms with Crippen LogP contribution < -0.4 is 0 Å². The van der Waals surface area contributed by atoms with E-state index in [1.807, 2.05) is 0 Å². The van der Waals surface area contributed by atoms with Gasteiger partial charge >= 0.3 is 5.97 Å². The summed E-state index contributed by atoms with van der Waals surface area (Å²) in [5.74, 6) is 0.563. The average molecular weight is 191 g/mol. The number of carbonyl (C=O) groups is 1. The Balaban J connectivity index is 1.77. The molecule has 0 aromatic carbocycles. The van der Waals surface area contributed by atoms with E-state index >= 15 is 0 Å². The van der Waals surface area contributed by atoms with Gasteiger partial charge in [0.1, 0.15) is 0 Å². The number of ether oxygens (including phenoxy) is 1. The number of hydrogen-bond donors (Lipinski definition) is 0. The van der Waals surface area contributed by atoms with Crippen LogP contribution in [0.15, 0.2) is 24.5 Å². The van der Waals surface area contributed by atoms with Crippen LogP contribution in [0.5, 0.6) is 0 Å². The van der Waals surface area contributed by atoms with Crippen LogP contribution in [-0.2, 0) is 4.74 Å². The second kappa shape index (κ2) is 4.22. The maximum absolute atomic E-state index is 11.4. The fourth-order valence-electron chi connectivity index (χ4n) is 1.30. The Bertz CT molecular complexity index is 306. The molecule has 0 saturated heterocycles. The van der Waals surface area contributed by atoms with Crippen molar-refractivity contribution < 1.29 is 9.53 Å². The molecule has 1 fully saturated rings. The van der Waals surface area contributed by atoms with Crippen LogP contribution in [0.4, 0.5) is 0 Å². The van der Waals surface area contributed by atoms with E-state index in [1.165, 1.54) is 12.8 Å². The molecule has 1 aromatic rings. The van der Waals surface area contributed by atoms with Crippen LogP contribution in [0.25, 0.3) is 0 Å². The first-order valence-electron chi connectivity index (χ1n) is 4.93. The topological polar surface area (TPSA) is 39.2 Å². The Kier molecular flexibility index (Phi) is 2.77. The lowest BCUT2D eigenvalue weighted by Crippen LogP contribution is -2.06. The summed E-state index contributed by atoms with van der Waals surface area (Å²) in [4.78, 5) is 15.2. The summed E-state index contributed by atoms with van der Waals surface area (Å²) < 4.78 is 5.11. The van der Waals surface area contributed by atoms with Crippen LogP contribution in [-0.4, -0.2) is 17.6 Å². The molecule has 3 nitrogen and oxygen atoms in total. The van der Waals surface area contributed by atoms with Crippen LogP contribution in [0.1, 0.15) is 29.6 Å². The number of carbonyl (C=O) groups excluding carboxylic acids is 1. The molecule has 0 unspecified atom stereocenters. The molecule has 2 rings (SSSR count). The van der Waals surface area contributed by atoms with Gasteiger partial charge < -0.3 is 4.74 Å². The lowest BCUT2D eigenvalue weighted by Gasteiger charge is -2.02. The van der Waals surface area contributed by atoms with Gasteiger partial charge in [-0.2, -0.15) is 0 Å². The Labute approximate surface area is 83.1 Å². The van der Waals surface area contributed by atoms with Gasteiger partial charge in [0.15, 0.2) is 0 Å². The van der Waals surface area contributed by atoms with E-state index < -0.39 is 0 Å². The Morgan fingerprint density at radius 1 is 1.43 bits per heavy atom. The summed E-state index contributed by atoms with van der Waals surface area (Å²) in [6, 6.07) is 3.33. The summed E-state index contributed by atoms with van der Waals surface area (Å²) in [6.45, 7) is 0.547. The summed E-state index contributed by atoms with van der Waals surface area (Å²) in [6.07, 6.45) is 6.80. The number of aromatic nitrogens is 1.